The maximum absolute atomic E-state index is 13.5. The standard InChI is InChI=1S/C10H9BrF3NO2/c1-2-17-8(16)4-6-9(12)5(11)3-7(15-6)10(13)14/h3,10H,2,4H2,1H3. The Kier molecular flexibility index (Phi) is 4.92. The molecular weight excluding hydrogens is 303 g/mol. The van der Waals surface area contributed by atoms with Gasteiger partial charge in [-0.1, -0.05) is 0 Å². The minimum Gasteiger partial charge on any atom is -0.466 e. The van der Waals surface area contributed by atoms with Crippen LogP contribution in [-0.4, -0.2) is 17.6 Å². The van der Waals surface area contributed by atoms with E-state index >= 15 is 0 Å². The van der Waals surface area contributed by atoms with Crippen molar-refractivity contribution in [2.45, 2.75) is 19.8 Å². The summed E-state index contributed by atoms with van der Waals surface area (Å²) >= 11 is 2.79. The molecule has 0 aliphatic carbocycles. The van der Waals surface area contributed by atoms with E-state index in [0.717, 1.165) is 6.07 Å². The monoisotopic (exact) mass is 311 g/mol. The third-order valence-electron chi connectivity index (χ3n) is 1.84. The topological polar surface area (TPSA) is 39.2 Å². The number of alkyl halides is 2. The van der Waals surface area contributed by atoms with E-state index in [-0.39, 0.29) is 16.8 Å². The molecule has 0 radical (unpaired) electrons. The molecule has 0 fully saturated rings. The van der Waals surface area contributed by atoms with Gasteiger partial charge in [-0.25, -0.2) is 18.2 Å². The molecule has 3 nitrogen and oxygen atoms in total. The van der Waals surface area contributed by atoms with Crippen LogP contribution in [0.3, 0.4) is 0 Å². The van der Waals surface area contributed by atoms with Crippen molar-refractivity contribution in [2.24, 2.45) is 0 Å². The van der Waals surface area contributed by atoms with E-state index in [4.69, 9.17) is 0 Å². The highest BCUT2D eigenvalue weighted by Gasteiger charge is 2.18. The van der Waals surface area contributed by atoms with E-state index in [1.807, 2.05) is 0 Å². The van der Waals surface area contributed by atoms with E-state index in [1.54, 1.807) is 6.92 Å². The predicted octanol–water partition coefficient (Wildman–Crippen LogP) is 3.03. The maximum atomic E-state index is 13.5. The van der Waals surface area contributed by atoms with Crippen molar-refractivity contribution in [3.8, 4) is 0 Å². The minimum absolute atomic E-state index is 0.135. The van der Waals surface area contributed by atoms with Crippen molar-refractivity contribution in [2.75, 3.05) is 6.61 Å². The summed E-state index contributed by atoms with van der Waals surface area (Å²) in [6, 6.07) is 0.884. The van der Waals surface area contributed by atoms with Gasteiger partial charge in [-0.05, 0) is 28.9 Å². The van der Waals surface area contributed by atoms with Crippen LogP contribution < -0.4 is 0 Å². The van der Waals surface area contributed by atoms with Gasteiger partial charge in [0, 0.05) is 0 Å². The number of carbonyl (C=O) groups is 1. The highest BCUT2D eigenvalue weighted by atomic mass is 79.9. The van der Waals surface area contributed by atoms with Gasteiger partial charge in [-0.3, -0.25) is 4.79 Å². The number of hydrogen-bond donors (Lipinski definition) is 0. The van der Waals surface area contributed by atoms with Crippen LogP contribution in [0.25, 0.3) is 0 Å². The first-order valence-electron chi connectivity index (χ1n) is 4.74. The molecule has 0 unspecified atom stereocenters. The van der Waals surface area contributed by atoms with Crippen molar-refractivity contribution in [3.05, 3.63) is 27.7 Å². The van der Waals surface area contributed by atoms with E-state index in [2.05, 4.69) is 25.7 Å². The highest BCUT2D eigenvalue weighted by Crippen LogP contribution is 2.25. The minimum atomic E-state index is -2.83. The van der Waals surface area contributed by atoms with E-state index in [9.17, 15) is 18.0 Å². The molecule has 0 saturated heterocycles. The quantitative estimate of drug-likeness (QED) is 0.802. The molecule has 94 valence electrons. The zero-order chi connectivity index (χ0) is 13.0. The molecule has 0 aliphatic heterocycles. The first-order chi connectivity index (χ1) is 7.95. The Bertz CT molecular complexity index is 426. The molecule has 0 bridgehead atoms. The Hall–Kier alpha value is -1.11. The van der Waals surface area contributed by atoms with Gasteiger partial charge in [0.15, 0.2) is 5.82 Å². The third-order valence-corrected chi connectivity index (χ3v) is 2.42. The lowest BCUT2D eigenvalue weighted by atomic mass is 10.2. The van der Waals surface area contributed by atoms with Gasteiger partial charge in [-0.2, -0.15) is 0 Å². The molecule has 7 heteroatoms. The predicted molar refractivity (Wildman–Crippen MR) is 57.2 cm³/mol. The molecule has 1 heterocycles. The second kappa shape index (κ2) is 6.00. The Morgan fingerprint density at radius 2 is 2.24 bits per heavy atom. The third kappa shape index (κ3) is 3.69. The summed E-state index contributed by atoms with van der Waals surface area (Å²) in [6.45, 7) is 1.73. The molecule has 1 aromatic heterocycles. The summed E-state index contributed by atoms with van der Waals surface area (Å²) in [5.74, 6) is -1.54. The Morgan fingerprint density at radius 1 is 1.59 bits per heavy atom. The summed E-state index contributed by atoms with van der Waals surface area (Å²) in [7, 11) is 0. The van der Waals surface area contributed by atoms with Crippen LogP contribution in [0.15, 0.2) is 10.5 Å². The zero-order valence-electron chi connectivity index (χ0n) is 8.84. The second-order valence-electron chi connectivity index (χ2n) is 3.07. The largest absolute Gasteiger partial charge is 0.466 e. The number of halogens is 4. The molecule has 0 aromatic carbocycles. The van der Waals surface area contributed by atoms with Gasteiger partial charge >= 0.3 is 5.97 Å². The fraction of sp³-hybridized carbons (Fsp3) is 0.400. The van der Waals surface area contributed by atoms with Crippen molar-refractivity contribution < 1.29 is 22.7 Å². The van der Waals surface area contributed by atoms with Gasteiger partial charge in [0.25, 0.3) is 6.43 Å². The first-order valence-corrected chi connectivity index (χ1v) is 5.53. The molecule has 0 atom stereocenters. The molecular formula is C10H9BrF3NO2. The molecule has 17 heavy (non-hydrogen) atoms. The number of ether oxygens (including phenoxy) is 1. The molecule has 0 saturated carbocycles. The smallest absolute Gasteiger partial charge is 0.311 e. The van der Waals surface area contributed by atoms with Crippen LogP contribution in [0.1, 0.15) is 24.7 Å². The van der Waals surface area contributed by atoms with Crippen LogP contribution >= 0.6 is 15.9 Å². The lowest BCUT2D eigenvalue weighted by Crippen LogP contribution is -2.11. The average Bonchev–Trinajstić information content (AvgIpc) is 2.24. The molecule has 0 spiro atoms. The molecule has 0 aliphatic rings. The first kappa shape index (κ1) is 14.0. The van der Waals surface area contributed by atoms with Crippen LogP contribution in [0, 0.1) is 5.82 Å². The summed E-state index contributed by atoms with van der Waals surface area (Å²) in [6.07, 6.45) is -3.30. The number of carbonyl (C=O) groups excluding carboxylic acids is 1. The number of nitrogens with zero attached hydrogens (tertiary/aromatic N) is 1. The fourth-order valence-corrected chi connectivity index (χ4v) is 1.61. The summed E-state index contributed by atoms with van der Waals surface area (Å²) < 4.78 is 42.8. The second-order valence-corrected chi connectivity index (χ2v) is 3.93. The van der Waals surface area contributed by atoms with Gasteiger partial charge in [-0.15, -0.1) is 0 Å². The maximum Gasteiger partial charge on any atom is 0.311 e. The van der Waals surface area contributed by atoms with Crippen molar-refractivity contribution in [1.29, 1.82) is 0 Å². The molecule has 1 aromatic rings. The van der Waals surface area contributed by atoms with Gasteiger partial charge in [0.05, 0.1) is 23.2 Å². The lowest BCUT2D eigenvalue weighted by Gasteiger charge is -2.07. The van der Waals surface area contributed by atoms with E-state index in [0.29, 0.717) is 0 Å². The Labute approximate surface area is 104 Å². The summed E-state index contributed by atoms with van der Waals surface area (Å²) in [4.78, 5) is 14.5. The number of hydrogen-bond acceptors (Lipinski definition) is 3. The summed E-state index contributed by atoms with van der Waals surface area (Å²) in [5.41, 5.74) is -0.939. The number of pyridine rings is 1. The molecule has 1 rings (SSSR count). The average molecular weight is 312 g/mol. The van der Waals surface area contributed by atoms with Crippen LogP contribution in [0.5, 0.6) is 0 Å². The molecule has 0 amide bonds. The van der Waals surface area contributed by atoms with Crippen molar-refractivity contribution >= 4 is 21.9 Å². The van der Waals surface area contributed by atoms with Gasteiger partial charge in [0.1, 0.15) is 5.69 Å². The lowest BCUT2D eigenvalue weighted by molar-refractivity contribution is -0.142. The summed E-state index contributed by atoms with van der Waals surface area (Å²) in [5, 5.41) is 0. The number of aromatic nitrogens is 1. The van der Waals surface area contributed by atoms with E-state index < -0.39 is 30.3 Å². The van der Waals surface area contributed by atoms with Crippen molar-refractivity contribution in [1.82, 2.24) is 4.98 Å². The Morgan fingerprint density at radius 3 is 2.76 bits per heavy atom. The fourth-order valence-electron chi connectivity index (χ4n) is 1.15. The van der Waals surface area contributed by atoms with Gasteiger partial charge in [0.2, 0.25) is 0 Å². The Balaban J connectivity index is 3.01. The normalized spacial score (nSPS) is 10.7. The highest BCUT2D eigenvalue weighted by molar-refractivity contribution is 9.10. The molecule has 0 N–H and O–H groups in total. The van der Waals surface area contributed by atoms with Crippen molar-refractivity contribution in [3.63, 3.8) is 0 Å². The van der Waals surface area contributed by atoms with E-state index in [1.165, 1.54) is 0 Å². The SMILES string of the molecule is CCOC(=O)Cc1nc(C(F)F)cc(Br)c1F. The van der Waals surface area contributed by atoms with Crippen LogP contribution in [0.2, 0.25) is 0 Å². The number of esters is 1. The van der Waals surface area contributed by atoms with Gasteiger partial charge < -0.3 is 4.74 Å². The van der Waals surface area contributed by atoms with Crippen LogP contribution in [0.4, 0.5) is 13.2 Å². The zero-order valence-corrected chi connectivity index (χ0v) is 10.4. The number of rotatable bonds is 4. The van der Waals surface area contributed by atoms with Crippen LogP contribution in [-0.2, 0) is 16.0 Å².